The summed E-state index contributed by atoms with van der Waals surface area (Å²) >= 11 is 1.63. The van der Waals surface area contributed by atoms with Gasteiger partial charge in [0.25, 0.3) is 0 Å². The lowest BCUT2D eigenvalue weighted by Gasteiger charge is -2.22. The summed E-state index contributed by atoms with van der Waals surface area (Å²) in [5.74, 6) is 0.690. The highest BCUT2D eigenvalue weighted by molar-refractivity contribution is 14.0. The molecule has 6 nitrogen and oxygen atoms in total. The molecule has 0 bridgehead atoms. The highest BCUT2D eigenvalue weighted by atomic mass is 127. The maximum absolute atomic E-state index is 11.9. The van der Waals surface area contributed by atoms with Crippen molar-refractivity contribution < 1.29 is 4.79 Å². The summed E-state index contributed by atoms with van der Waals surface area (Å²) in [7, 11) is 5.44. The number of carbonyl (C=O) groups is 1. The minimum Gasteiger partial charge on any atom is -0.347 e. The standard InChI is InChI=1S/C18H25N5OS.HI/c1-14-21-16(13-25-14)12-23(4)18(20-11-17(24)22(2)3)19-10-15-8-6-5-7-9-15;/h5-9,13H,10-12H2,1-4H3,(H,19,20);1H. The fourth-order valence-corrected chi connectivity index (χ4v) is 2.78. The first-order valence-electron chi connectivity index (χ1n) is 8.10. The first-order chi connectivity index (χ1) is 12.0. The zero-order chi connectivity index (χ0) is 18.2. The third kappa shape index (κ3) is 7.28. The van der Waals surface area contributed by atoms with Gasteiger partial charge in [-0.3, -0.25) is 4.79 Å². The number of thiazole rings is 1. The fourth-order valence-electron chi connectivity index (χ4n) is 2.17. The molecule has 0 fully saturated rings. The van der Waals surface area contributed by atoms with Crippen molar-refractivity contribution in [1.29, 1.82) is 0 Å². The number of rotatable bonds is 6. The van der Waals surface area contributed by atoms with E-state index in [9.17, 15) is 4.79 Å². The number of hydrogen-bond donors (Lipinski definition) is 1. The molecule has 0 atom stereocenters. The van der Waals surface area contributed by atoms with Gasteiger partial charge >= 0.3 is 0 Å². The van der Waals surface area contributed by atoms with Gasteiger partial charge in [-0.05, 0) is 12.5 Å². The number of nitrogens with zero attached hydrogens (tertiary/aromatic N) is 4. The molecule has 1 aromatic carbocycles. The van der Waals surface area contributed by atoms with E-state index in [1.165, 1.54) is 0 Å². The number of aromatic nitrogens is 1. The molecule has 1 amide bonds. The Bertz CT molecular complexity index is 717. The number of amides is 1. The Balaban J connectivity index is 0.00000338. The van der Waals surface area contributed by atoms with Crippen molar-refractivity contribution in [3.05, 3.63) is 52.0 Å². The second kappa shape index (κ2) is 11.1. The van der Waals surface area contributed by atoms with Crippen LogP contribution in [0, 0.1) is 6.92 Å². The SMILES string of the molecule is Cc1nc(CN(C)C(=NCc2ccccc2)NCC(=O)N(C)C)cs1.I. The topological polar surface area (TPSA) is 60.8 Å². The highest BCUT2D eigenvalue weighted by Crippen LogP contribution is 2.10. The Labute approximate surface area is 176 Å². The maximum atomic E-state index is 11.9. The maximum Gasteiger partial charge on any atom is 0.241 e. The van der Waals surface area contributed by atoms with E-state index in [0.29, 0.717) is 19.0 Å². The molecular weight excluding hydrogens is 461 g/mol. The van der Waals surface area contributed by atoms with Gasteiger partial charge in [0, 0.05) is 26.5 Å². The molecule has 2 rings (SSSR count). The Kier molecular flexibility index (Phi) is 9.57. The summed E-state index contributed by atoms with van der Waals surface area (Å²) in [6.07, 6.45) is 0. The molecule has 0 aliphatic carbocycles. The average molecular weight is 487 g/mol. The number of likely N-dealkylation sites (N-methyl/N-ethyl adjacent to an activating group) is 1. The quantitative estimate of drug-likeness (QED) is 0.387. The molecule has 0 saturated heterocycles. The van der Waals surface area contributed by atoms with E-state index < -0.39 is 0 Å². The first-order valence-corrected chi connectivity index (χ1v) is 8.98. The molecule has 8 heteroatoms. The minimum absolute atomic E-state index is 0. The van der Waals surface area contributed by atoms with Crippen molar-refractivity contribution >= 4 is 47.2 Å². The molecule has 0 aliphatic rings. The van der Waals surface area contributed by atoms with E-state index in [2.05, 4.69) is 15.3 Å². The molecule has 26 heavy (non-hydrogen) atoms. The Morgan fingerprint density at radius 1 is 1.23 bits per heavy atom. The molecule has 2 aromatic rings. The Morgan fingerprint density at radius 2 is 1.92 bits per heavy atom. The van der Waals surface area contributed by atoms with Crippen LogP contribution in [0.3, 0.4) is 0 Å². The van der Waals surface area contributed by atoms with Gasteiger partial charge in [-0.25, -0.2) is 9.98 Å². The van der Waals surface area contributed by atoms with Crippen molar-refractivity contribution in [2.45, 2.75) is 20.0 Å². The summed E-state index contributed by atoms with van der Waals surface area (Å²) in [6.45, 7) is 3.40. The Hall–Kier alpha value is -1.68. The number of aliphatic imine (C=N–C) groups is 1. The van der Waals surface area contributed by atoms with Gasteiger partial charge in [0.15, 0.2) is 5.96 Å². The first kappa shape index (κ1) is 22.4. The summed E-state index contributed by atoms with van der Waals surface area (Å²) in [5.41, 5.74) is 2.12. The van der Waals surface area contributed by atoms with E-state index in [-0.39, 0.29) is 36.4 Å². The number of aryl methyl sites for hydroxylation is 1. The molecule has 0 saturated carbocycles. The zero-order valence-electron chi connectivity index (χ0n) is 15.6. The normalized spacial score (nSPS) is 10.8. The van der Waals surface area contributed by atoms with E-state index in [1.807, 2.05) is 54.6 Å². The molecule has 142 valence electrons. The van der Waals surface area contributed by atoms with Crippen LogP contribution in [0.15, 0.2) is 40.7 Å². The number of benzene rings is 1. The number of halogens is 1. The number of guanidine groups is 1. The second-order valence-electron chi connectivity index (χ2n) is 5.98. The summed E-state index contributed by atoms with van der Waals surface area (Å²) in [5, 5.41) is 6.25. The van der Waals surface area contributed by atoms with E-state index in [4.69, 9.17) is 0 Å². The lowest BCUT2D eigenvalue weighted by Crippen LogP contribution is -2.43. The monoisotopic (exact) mass is 487 g/mol. The van der Waals surface area contributed by atoms with Crippen LogP contribution in [0.4, 0.5) is 0 Å². The lowest BCUT2D eigenvalue weighted by atomic mass is 10.2. The predicted molar refractivity (Wildman–Crippen MR) is 118 cm³/mol. The van der Waals surface area contributed by atoms with Gasteiger partial charge in [-0.15, -0.1) is 35.3 Å². The summed E-state index contributed by atoms with van der Waals surface area (Å²) in [4.78, 5) is 24.6. The van der Waals surface area contributed by atoms with Crippen LogP contribution in [0.1, 0.15) is 16.3 Å². The zero-order valence-corrected chi connectivity index (χ0v) is 18.7. The van der Waals surface area contributed by atoms with Crippen LogP contribution in [0.2, 0.25) is 0 Å². The number of nitrogens with one attached hydrogen (secondary N) is 1. The molecule has 0 radical (unpaired) electrons. The predicted octanol–water partition coefficient (Wildman–Crippen LogP) is 2.74. The third-order valence-corrected chi connectivity index (χ3v) is 4.40. The molecule has 0 unspecified atom stereocenters. The van der Waals surface area contributed by atoms with E-state index in [1.54, 1.807) is 30.3 Å². The number of hydrogen-bond acceptors (Lipinski definition) is 4. The molecular formula is C18H26IN5OS. The van der Waals surface area contributed by atoms with E-state index >= 15 is 0 Å². The third-order valence-electron chi connectivity index (χ3n) is 3.58. The second-order valence-corrected chi connectivity index (χ2v) is 7.04. The summed E-state index contributed by atoms with van der Waals surface area (Å²) in [6, 6.07) is 10.1. The summed E-state index contributed by atoms with van der Waals surface area (Å²) < 4.78 is 0. The fraction of sp³-hybridized carbons (Fsp3) is 0.389. The number of carbonyl (C=O) groups excluding carboxylic acids is 1. The van der Waals surface area contributed by atoms with Gasteiger partial charge in [0.1, 0.15) is 0 Å². The van der Waals surface area contributed by atoms with Crippen molar-refractivity contribution in [2.75, 3.05) is 27.7 Å². The van der Waals surface area contributed by atoms with Crippen molar-refractivity contribution in [3.63, 3.8) is 0 Å². The van der Waals surface area contributed by atoms with Gasteiger partial charge < -0.3 is 15.1 Å². The van der Waals surface area contributed by atoms with Crippen molar-refractivity contribution in [2.24, 2.45) is 4.99 Å². The van der Waals surface area contributed by atoms with Crippen molar-refractivity contribution in [3.8, 4) is 0 Å². The van der Waals surface area contributed by atoms with Crippen LogP contribution in [-0.2, 0) is 17.9 Å². The van der Waals surface area contributed by atoms with Gasteiger partial charge in [0.05, 0.1) is 30.3 Å². The van der Waals surface area contributed by atoms with Crippen LogP contribution in [0.5, 0.6) is 0 Å². The van der Waals surface area contributed by atoms with Gasteiger partial charge in [-0.2, -0.15) is 0 Å². The van der Waals surface area contributed by atoms with Crippen LogP contribution < -0.4 is 5.32 Å². The Morgan fingerprint density at radius 3 is 2.50 bits per heavy atom. The van der Waals surface area contributed by atoms with Crippen LogP contribution in [-0.4, -0.2) is 54.3 Å². The van der Waals surface area contributed by atoms with Crippen molar-refractivity contribution in [1.82, 2.24) is 20.1 Å². The highest BCUT2D eigenvalue weighted by Gasteiger charge is 2.12. The molecule has 0 aliphatic heterocycles. The lowest BCUT2D eigenvalue weighted by molar-refractivity contribution is -0.127. The van der Waals surface area contributed by atoms with Crippen LogP contribution >= 0.6 is 35.3 Å². The van der Waals surface area contributed by atoms with Gasteiger partial charge in [0.2, 0.25) is 5.91 Å². The molecule has 1 aromatic heterocycles. The van der Waals surface area contributed by atoms with Crippen LogP contribution in [0.25, 0.3) is 0 Å². The van der Waals surface area contributed by atoms with E-state index in [0.717, 1.165) is 16.3 Å². The minimum atomic E-state index is 0. The van der Waals surface area contributed by atoms with Gasteiger partial charge in [-0.1, -0.05) is 30.3 Å². The average Bonchev–Trinajstić information content (AvgIpc) is 3.00. The largest absolute Gasteiger partial charge is 0.347 e. The molecule has 0 spiro atoms. The molecule has 1 N–H and O–H groups in total. The smallest absolute Gasteiger partial charge is 0.241 e. The molecule has 1 heterocycles.